The molecule has 0 fully saturated rings. The summed E-state index contributed by atoms with van der Waals surface area (Å²) in [6, 6.07) is 15.6. The molecule has 2 aromatic rings. The van der Waals surface area contributed by atoms with Gasteiger partial charge in [-0.3, -0.25) is 4.79 Å². The lowest BCUT2D eigenvalue weighted by molar-refractivity contribution is -0.128. The van der Waals surface area contributed by atoms with E-state index < -0.39 is 6.10 Å². The van der Waals surface area contributed by atoms with E-state index in [4.69, 9.17) is 16.3 Å². The van der Waals surface area contributed by atoms with E-state index in [9.17, 15) is 4.79 Å². The molecule has 0 bridgehead atoms. The highest BCUT2D eigenvalue weighted by atomic mass is 35.5. The first-order valence-corrected chi connectivity index (χ1v) is 8.71. The Kier molecular flexibility index (Phi) is 7.13. The Balaban J connectivity index is 1.76. The van der Waals surface area contributed by atoms with Gasteiger partial charge in [0, 0.05) is 11.6 Å². The topological polar surface area (TPSA) is 38.3 Å². The van der Waals surface area contributed by atoms with Crippen molar-refractivity contribution in [2.24, 2.45) is 0 Å². The van der Waals surface area contributed by atoms with Crippen molar-refractivity contribution in [1.29, 1.82) is 0 Å². The van der Waals surface area contributed by atoms with Crippen LogP contribution in [0.1, 0.15) is 30.9 Å². The number of nitrogens with one attached hydrogen (secondary N) is 1. The van der Waals surface area contributed by atoms with Gasteiger partial charge in [0.25, 0.3) is 5.91 Å². The Morgan fingerprint density at radius 1 is 1.21 bits per heavy atom. The molecule has 2 rings (SSSR count). The highest BCUT2D eigenvalue weighted by molar-refractivity contribution is 6.30. The molecule has 0 aliphatic rings. The summed E-state index contributed by atoms with van der Waals surface area (Å²) in [6.07, 6.45) is 1.97. The fourth-order valence-corrected chi connectivity index (χ4v) is 2.57. The monoisotopic (exact) mass is 345 g/mol. The van der Waals surface area contributed by atoms with Crippen molar-refractivity contribution in [3.05, 3.63) is 64.7 Å². The van der Waals surface area contributed by atoms with Gasteiger partial charge in [0.1, 0.15) is 5.75 Å². The predicted octanol–water partition coefficient (Wildman–Crippen LogP) is 4.55. The Morgan fingerprint density at radius 3 is 2.62 bits per heavy atom. The molecule has 3 nitrogen and oxygen atoms in total. The summed E-state index contributed by atoms with van der Waals surface area (Å²) in [6.45, 7) is 4.59. The van der Waals surface area contributed by atoms with Crippen LogP contribution in [0, 0.1) is 6.92 Å². The third-order valence-corrected chi connectivity index (χ3v) is 4.04. The van der Waals surface area contributed by atoms with Crippen LogP contribution in [0.5, 0.6) is 5.75 Å². The van der Waals surface area contributed by atoms with Gasteiger partial charge < -0.3 is 10.1 Å². The van der Waals surface area contributed by atoms with Crippen LogP contribution in [0.2, 0.25) is 5.02 Å². The molecule has 4 heteroatoms. The Labute approximate surface area is 149 Å². The van der Waals surface area contributed by atoms with Crippen molar-refractivity contribution < 1.29 is 9.53 Å². The number of halogens is 1. The first kappa shape index (κ1) is 18.3. The number of rotatable bonds is 8. The zero-order valence-corrected chi connectivity index (χ0v) is 15.0. The normalized spacial score (nSPS) is 11.8. The first-order valence-electron chi connectivity index (χ1n) is 8.34. The van der Waals surface area contributed by atoms with E-state index in [1.54, 1.807) is 0 Å². The lowest BCUT2D eigenvalue weighted by atomic mass is 10.1. The Bertz CT molecular complexity index is 655. The van der Waals surface area contributed by atoms with Crippen LogP contribution in [0.3, 0.4) is 0 Å². The zero-order valence-electron chi connectivity index (χ0n) is 14.2. The third kappa shape index (κ3) is 5.89. The fourth-order valence-electron chi connectivity index (χ4n) is 2.44. The maximum atomic E-state index is 12.3. The molecular weight excluding hydrogens is 322 g/mol. The molecule has 0 radical (unpaired) electrons. The molecule has 2 aromatic carbocycles. The standard InChI is InChI=1S/C20H24ClNO2/c1-3-19(24-18-8-4-6-15(2)14-18)20(23)22-13-5-7-16-9-11-17(21)12-10-16/h4,6,8-12,14,19H,3,5,7,13H2,1-2H3,(H,22,23)/t19-/m1/s1. The number of hydrogen-bond acceptors (Lipinski definition) is 2. The summed E-state index contributed by atoms with van der Waals surface area (Å²) in [4.78, 5) is 12.3. The van der Waals surface area contributed by atoms with Crippen molar-refractivity contribution >= 4 is 17.5 Å². The summed E-state index contributed by atoms with van der Waals surface area (Å²) in [5.41, 5.74) is 2.34. The molecule has 1 N–H and O–H groups in total. The first-order chi connectivity index (χ1) is 11.6. The van der Waals surface area contributed by atoms with Gasteiger partial charge in [0.2, 0.25) is 0 Å². The highest BCUT2D eigenvalue weighted by Gasteiger charge is 2.17. The van der Waals surface area contributed by atoms with Crippen molar-refractivity contribution in [3.63, 3.8) is 0 Å². The van der Waals surface area contributed by atoms with Crippen molar-refractivity contribution in [2.75, 3.05) is 6.54 Å². The van der Waals surface area contributed by atoms with E-state index in [0.29, 0.717) is 13.0 Å². The second-order valence-corrected chi connectivity index (χ2v) is 6.29. The average molecular weight is 346 g/mol. The van der Waals surface area contributed by atoms with Gasteiger partial charge in [-0.25, -0.2) is 0 Å². The van der Waals surface area contributed by atoms with E-state index in [-0.39, 0.29) is 5.91 Å². The molecule has 0 spiro atoms. The maximum absolute atomic E-state index is 12.3. The van der Waals surface area contributed by atoms with Crippen LogP contribution in [0.4, 0.5) is 0 Å². The van der Waals surface area contributed by atoms with Gasteiger partial charge in [-0.2, -0.15) is 0 Å². The number of ether oxygens (including phenoxy) is 1. The van der Waals surface area contributed by atoms with Crippen molar-refractivity contribution in [3.8, 4) is 5.75 Å². The molecule has 24 heavy (non-hydrogen) atoms. The third-order valence-electron chi connectivity index (χ3n) is 3.79. The quantitative estimate of drug-likeness (QED) is 0.712. The second kappa shape index (κ2) is 9.33. The molecule has 0 saturated carbocycles. The molecule has 1 atom stereocenters. The number of aryl methyl sites for hydroxylation is 2. The average Bonchev–Trinajstić information content (AvgIpc) is 2.58. The van der Waals surface area contributed by atoms with E-state index in [2.05, 4.69) is 5.32 Å². The van der Waals surface area contributed by atoms with Crippen LogP contribution in [-0.4, -0.2) is 18.6 Å². The summed E-state index contributed by atoms with van der Waals surface area (Å²) >= 11 is 5.87. The summed E-state index contributed by atoms with van der Waals surface area (Å²) in [5.74, 6) is 0.674. The summed E-state index contributed by atoms with van der Waals surface area (Å²) < 4.78 is 5.81. The molecule has 0 aliphatic carbocycles. The minimum absolute atomic E-state index is 0.0601. The lowest BCUT2D eigenvalue weighted by Gasteiger charge is -2.17. The van der Waals surface area contributed by atoms with Crippen LogP contribution in [0.25, 0.3) is 0 Å². The Morgan fingerprint density at radius 2 is 1.96 bits per heavy atom. The van der Waals surface area contributed by atoms with Crippen LogP contribution in [0.15, 0.2) is 48.5 Å². The molecule has 128 valence electrons. The molecule has 0 unspecified atom stereocenters. The van der Waals surface area contributed by atoms with Gasteiger partial charge in [-0.1, -0.05) is 42.8 Å². The summed E-state index contributed by atoms with van der Waals surface area (Å²) in [5, 5.41) is 3.70. The fraction of sp³-hybridized carbons (Fsp3) is 0.350. The number of carbonyl (C=O) groups excluding carboxylic acids is 1. The van der Waals surface area contributed by atoms with Crippen molar-refractivity contribution in [2.45, 2.75) is 39.2 Å². The molecule has 0 aliphatic heterocycles. The number of amides is 1. The lowest BCUT2D eigenvalue weighted by Crippen LogP contribution is -2.38. The van der Waals surface area contributed by atoms with Gasteiger partial charge in [0.05, 0.1) is 0 Å². The van der Waals surface area contributed by atoms with E-state index in [1.807, 2.05) is 62.4 Å². The van der Waals surface area contributed by atoms with Gasteiger partial charge in [0.15, 0.2) is 6.10 Å². The van der Waals surface area contributed by atoms with Crippen LogP contribution < -0.4 is 10.1 Å². The van der Waals surface area contributed by atoms with E-state index >= 15 is 0 Å². The van der Waals surface area contributed by atoms with E-state index in [0.717, 1.165) is 29.2 Å². The molecular formula is C20H24ClNO2. The molecule has 0 heterocycles. The van der Waals surface area contributed by atoms with Gasteiger partial charge in [-0.15, -0.1) is 0 Å². The zero-order chi connectivity index (χ0) is 17.4. The van der Waals surface area contributed by atoms with Crippen molar-refractivity contribution in [1.82, 2.24) is 5.32 Å². The predicted molar refractivity (Wildman–Crippen MR) is 98.7 cm³/mol. The number of carbonyl (C=O) groups is 1. The molecule has 0 saturated heterocycles. The highest BCUT2D eigenvalue weighted by Crippen LogP contribution is 2.15. The maximum Gasteiger partial charge on any atom is 0.261 e. The molecule has 0 aromatic heterocycles. The van der Waals surface area contributed by atoms with Crippen LogP contribution in [-0.2, 0) is 11.2 Å². The SMILES string of the molecule is CC[C@@H](Oc1cccc(C)c1)C(=O)NCCCc1ccc(Cl)cc1. The minimum atomic E-state index is -0.456. The minimum Gasteiger partial charge on any atom is -0.481 e. The van der Waals surface area contributed by atoms with Gasteiger partial charge >= 0.3 is 0 Å². The number of benzene rings is 2. The van der Waals surface area contributed by atoms with Crippen LogP contribution >= 0.6 is 11.6 Å². The smallest absolute Gasteiger partial charge is 0.261 e. The molecule has 1 amide bonds. The largest absolute Gasteiger partial charge is 0.481 e. The Hall–Kier alpha value is -2.00. The van der Waals surface area contributed by atoms with E-state index in [1.165, 1.54) is 5.56 Å². The summed E-state index contributed by atoms with van der Waals surface area (Å²) in [7, 11) is 0. The number of hydrogen-bond donors (Lipinski definition) is 1. The van der Waals surface area contributed by atoms with Gasteiger partial charge in [-0.05, 0) is 61.6 Å². The second-order valence-electron chi connectivity index (χ2n) is 5.85.